The van der Waals surface area contributed by atoms with Crippen LogP contribution in [0.4, 0.5) is 11.4 Å². The molecule has 0 bridgehead atoms. The second-order valence-electron chi connectivity index (χ2n) is 10.9. The second-order valence-corrected chi connectivity index (χ2v) is 11.8. The SMILES string of the molecule is CC[C@H]1Cc2cccnc2CN(Cc2cc([C@@H](CC(=O)O)c3ccc4c(c3C)NNN4C)cc3ccsc23)C1. The van der Waals surface area contributed by atoms with Crippen molar-refractivity contribution in [1.82, 2.24) is 15.4 Å². The van der Waals surface area contributed by atoms with Crippen LogP contribution in [0.15, 0.2) is 54.0 Å². The highest BCUT2D eigenvalue weighted by molar-refractivity contribution is 7.17. The van der Waals surface area contributed by atoms with E-state index >= 15 is 0 Å². The van der Waals surface area contributed by atoms with Gasteiger partial charge >= 0.3 is 5.97 Å². The van der Waals surface area contributed by atoms with Gasteiger partial charge in [0.15, 0.2) is 0 Å². The number of hydrogen-bond donors (Lipinski definition) is 3. The van der Waals surface area contributed by atoms with Crippen LogP contribution in [0.5, 0.6) is 0 Å². The van der Waals surface area contributed by atoms with Crippen molar-refractivity contribution < 1.29 is 9.90 Å². The first-order valence-electron chi connectivity index (χ1n) is 13.7. The van der Waals surface area contributed by atoms with Gasteiger partial charge in [-0.1, -0.05) is 31.5 Å². The molecule has 4 heterocycles. The Labute approximate surface area is 233 Å². The largest absolute Gasteiger partial charge is 0.481 e. The van der Waals surface area contributed by atoms with Crippen LogP contribution >= 0.6 is 11.3 Å². The van der Waals surface area contributed by atoms with Crippen molar-refractivity contribution in [3.05, 3.63) is 87.6 Å². The van der Waals surface area contributed by atoms with Gasteiger partial charge in [0.25, 0.3) is 0 Å². The Balaban J connectivity index is 1.40. The summed E-state index contributed by atoms with van der Waals surface area (Å²) in [6.07, 6.45) is 4.15. The number of carbonyl (C=O) groups is 1. The molecule has 0 saturated heterocycles. The molecule has 2 aliphatic rings. The summed E-state index contributed by atoms with van der Waals surface area (Å²) < 4.78 is 1.28. The minimum Gasteiger partial charge on any atom is -0.481 e. The molecule has 7 nitrogen and oxygen atoms in total. The van der Waals surface area contributed by atoms with E-state index in [9.17, 15) is 9.90 Å². The number of aliphatic carboxylic acids is 1. The van der Waals surface area contributed by atoms with Gasteiger partial charge in [-0.25, -0.2) is 0 Å². The van der Waals surface area contributed by atoms with E-state index < -0.39 is 5.97 Å². The molecule has 0 radical (unpaired) electrons. The maximum absolute atomic E-state index is 12.1. The average Bonchev–Trinajstić information content (AvgIpc) is 3.50. The molecule has 0 saturated carbocycles. The Morgan fingerprint density at radius 1 is 1.26 bits per heavy atom. The lowest BCUT2D eigenvalue weighted by Gasteiger charge is -2.25. The number of hydrogen-bond acceptors (Lipinski definition) is 7. The van der Waals surface area contributed by atoms with E-state index in [0.29, 0.717) is 5.92 Å². The molecule has 2 atom stereocenters. The number of carboxylic acids is 1. The van der Waals surface area contributed by atoms with Crippen LogP contribution in [0.3, 0.4) is 0 Å². The van der Waals surface area contributed by atoms with E-state index in [1.807, 2.05) is 24.3 Å². The number of aromatic nitrogens is 1. The lowest BCUT2D eigenvalue weighted by atomic mass is 9.84. The van der Waals surface area contributed by atoms with E-state index in [4.69, 9.17) is 4.98 Å². The smallest absolute Gasteiger partial charge is 0.304 e. The molecule has 0 amide bonds. The highest BCUT2D eigenvalue weighted by Crippen LogP contribution is 2.41. The van der Waals surface area contributed by atoms with Crippen LogP contribution in [0.2, 0.25) is 0 Å². The van der Waals surface area contributed by atoms with E-state index in [1.165, 1.54) is 26.9 Å². The third kappa shape index (κ3) is 5.00. The molecule has 0 spiro atoms. The molecule has 6 rings (SSSR count). The zero-order valence-electron chi connectivity index (χ0n) is 22.7. The fourth-order valence-corrected chi connectivity index (χ4v) is 7.15. The van der Waals surface area contributed by atoms with Crippen LogP contribution in [0.1, 0.15) is 59.2 Å². The Morgan fingerprint density at radius 2 is 2.13 bits per heavy atom. The third-order valence-electron chi connectivity index (χ3n) is 8.36. The van der Waals surface area contributed by atoms with Gasteiger partial charge in [0.2, 0.25) is 0 Å². The van der Waals surface area contributed by atoms with Gasteiger partial charge in [0.1, 0.15) is 0 Å². The molecule has 39 heavy (non-hydrogen) atoms. The summed E-state index contributed by atoms with van der Waals surface area (Å²) >= 11 is 1.77. The van der Waals surface area contributed by atoms with E-state index in [0.717, 1.165) is 60.5 Å². The predicted molar refractivity (Wildman–Crippen MR) is 158 cm³/mol. The van der Waals surface area contributed by atoms with Gasteiger partial charge in [-0.2, -0.15) is 0 Å². The number of anilines is 2. The zero-order valence-corrected chi connectivity index (χ0v) is 23.5. The minimum atomic E-state index is -0.795. The van der Waals surface area contributed by atoms with E-state index in [2.05, 4.69) is 71.5 Å². The van der Waals surface area contributed by atoms with Crippen molar-refractivity contribution in [2.45, 2.75) is 52.1 Å². The third-order valence-corrected chi connectivity index (χ3v) is 9.36. The number of nitrogens with zero attached hydrogens (tertiary/aromatic N) is 3. The molecule has 3 N–H and O–H groups in total. The molecule has 0 fully saturated rings. The topological polar surface area (TPSA) is 80.7 Å². The molecule has 202 valence electrons. The molecule has 2 aromatic carbocycles. The summed E-state index contributed by atoms with van der Waals surface area (Å²) in [6.45, 7) is 7.03. The second kappa shape index (κ2) is 10.6. The van der Waals surface area contributed by atoms with Gasteiger partial charge in [-0.05, 0) is 82.1 Å². The Morgan fingerprint density at radius 3 is 2.95 bits per heavy atom. The van der Waals surface area contributed by atoms with Crippen LogP contribution < -0.4 is 16.0 Å². The van der Waals surface area contributed by atoms with Gasteiger partial charge in [0, 0.05) is 43.5 Å². The van der Waals surface area contributed by atoms with Crippen LogP contribution in [-0.2, 0) is 24.3 Å². The summed E-state index contributed by atoms with van der Waals surface area (Å²) in [7, 11) is 1.96. The first-order valence-corrected chi connectivity index (χ1v) is 14.5. The molecule has 2 aliphatic heterocycles. The number of rotatable bonds is 7. The average molecular weight is 542 g/mol. The van der Waals surface area contributed by atoms with Crippen molar-refractivity contribution >= 4 is 38.8 Å². The Bertz CT molecular complexity index is 1530. The van der Waals surface area contributed by atoms with Gasteiger partial charge in [-0.15, -0.1) is 16.9 Å². The molecule has 0 unspecified atom stereocenters. The summed E-state index contributed by atoms with van der Waals surface area (Å²) in [5, 5.41) is 15.2. The highest BCUT2D eigenvalue weighted by atomic mass is 32.1. The number of nitrogens with one attached hydrogen (secondary N) is 2. The van der Waals surface area contributed by atoms with Gasteiger partial charge in [0.05, 0.1) is 23.5 Å². The number of fused-ring (bicyclic) bond motifs is 3. The number of benzene rings is 2. The molecular formula is C31H35N5O2S. The van der Waals surface area contributed by atoms with Crippen LogP contribution in [-0.4, -0.2) is 34.6 Å². The van der Waals surface area contributed by atoms with Crippen molar-refractivity contribution in [2.24, 2.45) is 5.92 Å². The van der Waals surface area contributed by atoms with Crippen molar-refractivity contribution in [3.8, 4) is 0 Å². The fourth-order valence-electron chi connectivity index (χ4n) is 6.26. The Hall–Kier alpha value is -3.46. The van der Waals surface area contributed by atoms with Gasteiger partial charge < -0.3 is 10.5 Å². The highest BCUT2D eigenvalue weighted by Gasteiger charge is 2.27. The maximum Gasteiger partial charge on any atom is 0.304 e. The predicted octanol–water partition coefficient (Wildman–Crippen LogP) is 6.08. The van der Waals surface area contributed by atoms with Crippen molar-refractivity contribution in [3.63, 3.8) is 0 Å². The lowest BCUT2D eigenvalue weighted by molar-refractivity contribution is -0.137. The standard InChI is InChI=1S/C31H35N5O2S/c1-4-20-12-21-6-5-10-32-27(21)18-36(16-20)17-24-14-23(13-22-9-11-39-31(22)24)26(15-29(37)38)25-7-8-28-30(19(25)2)33-34-35(28)3/h5-11,13-14,20,26,33-34H,4,12,15-18H2,1-3H3,(H,37,38)/t20-,26+/m0/s1. The number of carboxylic acid groups (broad SMARTS) is 1. The summed E-state index contributed by atoms with van der Waals surface area (Å²) in [4.78, 5) is 19.4. The van der Waals surface area contributed by atoms with E-state index in [-0.39, 0.29) is 12.3 Å². The maximum atomic E-state index is 12.1. The summed E-state index contributed by atoms with van der Waals surface area (Å²) in [5.41, 5.74) is 15.4. The molecule has 0 aliphatic carbocycles. The fraction of sp³-hybridized carbons (Fsp3) is 0.355. The molecule has 4 aromatic rings. The normalized spacial score (nSPS) is 17.9. The van der Waals surface area contributed by atoms with Crippen molar-refractivity contribution in [1.29, 1.82) is 0 Å². The molecule has 2 aromatic heterocycles. The zero-order chi connectivity index (χ0) is 27.1. The number of pyridine rings is 1. The van der Waals surface area contributed by atoms with Crippen LogP contribution in [0.25, 0.3) is 10.1 Å². The monoisotopic (exact) mass is 541 g/mol. The molecule has 8 heteroatoms. The summed E-state index contributed by atoms with van der Waals surface area (Å²) in [6, 6.07) is 15.1. The summed E-state index contributed by atoms with van der Waals surface area (Å²) in [5.74, 6) is -0.458. The lowest BCUT2D eigenvalue weighted by Crippen LogP contribution is -2.31. The quantitative estimate of drug-likeness (QED) is 0.262. The number of thiophene rings is 1. The first-order chi connectivity index (χ1) is 18.9. The number of hydrazine groups is 2. The first kappa shape index (κ1) is 25.8. The molecular weight excluding hydrogens is 506 g/mol. The van der Waals surface area contributed by atoms with Crippen LogP contribution in [0, 0.1) is 12.8 Å². The van der Waals surface area contributed by atoms with Crippen molar-refractivity contribution in [2.75, 3.05) is 24.0 Å². The van der Waals surface area contributed by atoms with E-state index in [1.54, 1.807) is 11.3 Å². The van der Waals surface area contributed by atoms with Gasteiger partial charge in [-0.3, -0.25) is 19.7 Å². The minimum absolute atomic E-state index is 0.0386. The Kier molecular flexibility index (Phi) is 7.01.